The molecule has 1 fully saturated rings. The lowest BCUT2D eigenvalue weighted by Crippen LogP contribution is -2.23. The highest BCUT2D eigenvalue weighted by atomic mass is 16.5. The number of nitrogens with zero attached hydrogens (tertiary/aromatic N) is 2. The Kier molecular flexibility index (Phi) is 5.84. The highest BCUT2D eigenvalue weighted by molar-refractivity contribution is 5.83. The lowest BCUT2D eigenvalue weighted by Gasteiger charge is -2.24. The van der Waals surface area contributed by atoms with Gasteiger partial charge in [0.15, 0.2) is 0 Å². The Hall–Kier alpha value is -2.82. The third-order valence-electron chi connectivity index (χ3n) is 5.42. The van der Waals surface area contributed by atoms with Crippen molar-refractivity contribution in [3.05, 3.63) is 48.7 Å². The average Bonchev–Trinajstić information content (AvgIpc) is 3.07. The predicted molar refractivity (Wildman–Crippen MR) is 116 cm³/mol. The first kappa shape index (κ1) is 19.5. The number of carbonyl (C=O) groups excluding carboxylic acids is 1. The van der Waals surface area contributed by atoms with Gasteiger partial charge in [-0.25, -0.2) is 4.98 Å². The summed E-state index contributed by atoms with van der Waals surface area (Å²) in [6.07, 6.45) is 8.60. The van der Waals surface area contributed by atoms with Gasteiger partial charge >= 0.3 is 5.97 Å². The fraction of sp³-hybridized carbons (Fsp3) is 0.417. The minimum absolute atomic E-state index is 0.210. The third-order valence-corrected chi connectivity index (χ3v) is 5.42. The van der Waals surface area contributed by atoms with Crippen molar-refractivity contribution >= 4 is 17.4 Å². The molecule has 5 nitrogen and oxygen atoms in total. The van der Waals surface area contributed by atoms with Crippen LogP contribution < -0.4 is 10.1 Å². The molecule has 0 bridgehead atoms. The van der Waals surface area contributed by atoms with E-state index in [9.17, 15) is 4.79 Å². The third kappa shape index (κ3) is 4.44. The zero-order chi connectivity index (χ0) is 20.2. The Balaban J connectivity index is 1.74. The van der Waals surface area contributed by atoms with Gasteiger partial charge in [0, 0.05) is 24.2 Å². The van der Waals surface area contributed by atoms with Crippen LogP contribution >= 0.6 is 0 Å². The number of rotatable bonds is 6. The van der Waals surface area contributed by atoms with Crippen LogP contribution in [0.4, 0.5) is 5.82 Å². The predicted octanol–water partition coefficient (Wildman–Crippen LogP) is 5.70. The number of imidazole rings is 1. The topological polar surface area (TPSA) is 55.6 Å². The van der Waals surface area contributed by atoms with Crippen molar-refractivity contribution in [3.8, 4) is 17.0 Å². The zero-order valence-corrected chi connectivity index (χ0v) is 17.2. The molecule has 1 saturated carbocycles. The molecular weight excluding hydrogens is 362 g/mol. The van der Waals surface area contributed by atoms with E-state index in [4.69, 9.17) is 9.72 Å². The van der Waals surface area contributed by atoms with Gasteiger partial charge in [-0.2, -0.15) is 0 Å². The van der Waals surface area contributed by atoms with Crippen LogP contribution in [0.5, 0.6) is 5.75 Å². The Morgan fingerprint density at radius 2 is 1.90 bits per heavy atom. The van der Waals surface area contributed by atoms with Crippen molar-refractivity contribution in [2.75, 3.05) is 5.32 Å². The largest absolute Gasteiger partial charge is 0.426 e. The van der Waals surface area contributed by atoms with Crippen molar-refractivity contribution in [2.24, 2.45) is 5.92 Å². The molecule has 1 aliphatic rings. The Bertz CT molecular complexity index is 987. The smallest absolute Gasteiger partial charge is 0.311 e. The second-order valence-electron chi connectivity index (χ2n) is 8.29. The number of aromatic nitrogens is 2. The molecule has 1 aromatic carbocycles. The van der Waals surface area contributed by atoms with Crippen LogP contribution in [0.15, 0.2) is 48.7 Å². The summed E-state index contributed by atoms with van der Waals surface area (Å²) in [7, 11) is 0. The highest BCUT2D eigenvalue weighted by Gasteiger charge is 2.22. The summed E-state index contributed by atoms with van der Waals surface area (Å²) < 4.78 is 7.83. The van der Waals surface area contributed by atoms with Crippen molar-refractivity contribution in [2.45, 2.75) is 58.4 Å². The van der Waals surface area contributed by atoms with Crippen molar-refractivity contribution < 1.29 is 9.53 Å². The van der Waals surface area contributed by atoms with E-state index in [1.807, 2.05) is 62.5 Å². The lowest BCUT2D eigenvalue weighted by molar-refractivity contribution is -0.135. The van der Waals surface area contributed by atoms with Crippen LogP contribution in [0.25, 0.3) is 16.9 Å². The molecular formula is C24H29N3O2. The van der Waals surface area contributed by atoms with E-state index in [0.29, 0.717) is 18.2 Å². The van der Waals surface area contributed by atoms with E-state index in [-0.39, 0.29) is 11.9 Å². The Labute approximate surface area is 172 Å². The first-order chi connectivity index (χ1) is 14.1. The van der Waals surface area contributed by atoms with Gasteiger partial charge in [-0.3, -0.25) is 9.20 Å². The van der Waals surface area contributed by atoms with Gasteiger partial charge in [-0.1, -0.05) is 51.3 Å². The van der Waals surface area contributed by atoms with Crippen LogP contribution in [0.1, 0.15) is 52.4 Å². The molecule has 0 unspecified atom stereocenters. The lowest BCUT2D eigenvalue weighted by atomic mass is 9.95. The van der Waals surface area contributed by atoms with E-state index in [1.54, 1.807) is 0 Å². The van der Waals surface area contributed by atoms with Crippen molar-refractivity contribution in [1.82, 2.24) is 9.38 Å². The van der Waals surface area contributed by atoms with Gasteiger partial charge in [-0.05, 0) is 43.0 Å². The van der Waals surface area contributed by atoms with Gasteiger partial charge in [0.25, 0.3) is 0 Å². The summed E-state index contributed by atoms with van der Waals surface area (Å²) in [5.74, 6) is 1.58. The summed E-state index contributed by atoms with van der Waals surface area (Å²) in [6.45, 7) is 4.03. The van der Waals surface area contributed by atoms with Gasteiger partial charge in [0.2, 0.25) is 0 Å². The Morgan fingerprint density at radius 3 is 2.69 bits per heavy atom. The van der Waals surface area contributed by atoms with E-state index >= 15 is 0 Å². The minimum atomic E-state index is -0.210. The second kappa shape index (κ2) is 8.68. The fourth-order valence-corrected chi connectivity index (χ4v) is 4.01. The molecule has 5 heteroatoms. The summed E-state index contributed by atoms with van der Waals surface area (Å²) in [4.78, 5) is 17.2. The number of esters is 1. The molecule has 3 aromatic rings. The monoisotopic (exact) mass is 391 g/mol. The normalized spacial score (nSPS) is 15.0. The van der Waals surface area contributed by atoms with Crippen LogP contribution in [-0.4, -0.2) is 21.4 Å². The first-order valence-corrected chi connectivity index (χ1v) is 10.7. The number of nitrogens with one attached hydrogen (secondary N) is 1. The van der Waals surface area contributed by atoms with E-state index in [1.165, 1.54) is 32.1 Å². The summed E-state index contributed by atoms with van der Waals surface area (Å²) >= 11 is 0. The molecule has 1 aliphatic carbocycles. The molecule has 152 valence electrons. The SMILES string of the molecule is CC(C)CC(=O)Oc1ccccc1-c1nc2ccccn2c1NC1CCCCC1. The van der Waals surface area contributed by atoms with Gasteiger partial charge < -0.3 is 10.1 Å². The van der Waals surface area contributed by atoms with Crippen LogP contribution in [0.2, 0.25) is 0 Å². The van der Waals surface area contributed by atoms with Crippen LogP contribution in [-0.2, 0) is 4.79 Å². The van der Waals surface area contributed by atoms with E-state index in [2.05, 4.69) is 9.72 Å². The molecule has 1 N–H and O–H groups in total. The maximum absolute atomic E-state index is 12.3. The zero-order valence-electron chi connectivity index (χ0n) is 17.2. The van der Waals surface area contributed by atoms with Gasteiger partial charge in [0.1, 0.15) is 22.9 Å². The average molecular weight is 392 g/mol. The van der Waals surface area contributed by atoms with E-state index < -0.39 is 0 Å². The highest BCUT2D eigenvalue weighted by Crippen LogP contribution is 2.36. The molecule has 0 saturated heterocycles. The van der Waals surface area contributed by atoms with Gasteiger partial charge in [0.05, 0.1) is 0 Å². The number of anilines is 1. The fourth-order valence-electron chi connectivity index (χ4n) is 4.01. The number of para-hydroxylation sites is 1. The second-order valence-corrected chi connectivity index (χ2v) is 8.29. The number of ether oxygens (including phenoxy) is 1. The van der Waals surface area contributed by atoms with Crippen molar-refractivity contribution in [3.63, 3.8) is 0 Å². The number of fused-ring (bicyclic) bond motifs is 1. The number of benzene rings is 1. The number of carbonyl (C=O) groups is 1. The molecule has 4 rings (SSSR count). The first-order valence-electron chi connectivity index (χ1n) is 10.7. The molecule has 0 spiro atoms. The molecule has 0 amide bonds. The van der Waals surface area contributed by atoms with Gasteiger partial charge in [-0.15, -0.1) is 0 Å². The molecule has 2 aromatic heterocycles. The van der Waals surface area contributed by atoms with Crippen LogP contribution in [0, 0.1) is 5.92 Å². The standard InChI is InChI=1S/C24H29N3O2/c1-17(2)16-22(28)29-20-13-7-6-12-19(20)23-24(25-18-10-4-3-5-11-18)27-15-9-8-14-21(27)26-23/h6-9,12-15,17-18,25H,3-5,10-11,16H2,1-2H3. The molecule has 29 heavy (non-hydrogen) atoms. The van der Waals surface area contributed by atoms with Crippen molar-refractivity contribution in [1.29, 1.82) is 0 Å². The molecule has 0 aliphatic heterocycles. The number of pyridine rings is 1. The maximum atomic E-state index is 12.3. The molecule has 0 radical (unpaired) electrons. The minimum Gasteiger partial charge on any atom is -0.426 e. The maximum Gasteiger partial charge on any atom is 0.311 e. The molecule has 0 atom stereocenters. The summed E-state index contributed by atoms with van der Waals surface area (Å²) in [5, 5.41) is 3.74. The van der Waals surface area contributed by atoms with E-state index in [0.717, 1.165) is 22.7 Å². The van der Waals surface area contributed by atoms with Crippen LogP contribution in [0.3, 0.4) is 0 Å². The number of hydrogen-bond donors (Lipinski definition) is 1. The summed E-state index contributed by atoms with van der Waals surface area (Å²) in [6, 6.07) is 14.1. The Morgan fingerprint density at radius 1 is 1.14 bits per heavy atom. The quantitative estimate of drug-likeness (QED) is 0.433. The number of hydrogen-bond acceptors (Lipinski definition) is 4. The summed E-state index contributed by atoms with van der Waals surface area (Å²) in [5.41, 5.74) is 2.55. The molecule has 2 heterocycles.